The van der Waals surface area contributed by atoms with Crippen molar-refractivity contribution >= 4 is 28.3 Å². The van der Waals surface area contributed by atoms with E-state index in [2.05, 4.69) is 9.62 Å². The molecule has 1 saturated carbocycles. The van der Waals surface area contributed by atoms with Gasteiger partial charge in [0.25, 0.3) is 0 Å². The van der Waals surface area contributed by atoms with E-state index in [0.717, 1.165) is 0 Å². The molecule has 1 aliphatic heterocycles. The summed E-state index contributed by atoms with van der Waals surface area (Å²) in [5.74, 6) is -0.421. The summed E-state index contributed by atoms with van der Waals surface area (Å²) in [5, 5.41) is 0. The minimum Gasteiger partial charge on any atom is -0.341 e. The lowest BCUT2D eigenvalue weighted by atomic mass is 9.88. The number of halogens is 2. The fraction of sp³-hybridized carbons (Fsp3) is 0.650. The summed E-state index contributed by atoms with van der Waals surface area (Å²) in [4.78, 5) is 15.8. The maximum absolute atomic E-state index is 13.0. The molecule has 2 unspecified atom stereocenters. The molecule has 1 N–H and O–H groups in total. The van der Waals surface area contributed by atoms with Crippen molar-refractivity contribution in [3.63, 3.8) is 0 Å². The molecule has 4 rings (SSSR count). The van der Waals surface area contributed by atoms with Crippen LogP contribution in [0.5, 0.6) is 0 Å². The predicted octanol–water partition coefficient (Wildman–Crippen LogP) is 3.01. The van der Waals surface area contributed by atoms with E-state index in [9.17, 15) is 17.6 Å². The Balaban J connectivity index is 0.000000207. The molecule has 29 heavy (non-hydrogen) atoms. The number of fused-ring (bicyclic) bond motifs is 1. The van der Waals surface area contributed by atoms with Gasteiger partial charge in [0.1, 0.15) is 4.90 Å². The zero-order valence-corrected chi connectivity index (χ0v) is 18.9. The molecule has 1 heterocycles. The van der Waals surface area contributed by atoms with Crippen LogP contribution in [0.3, 0.4) is 0 Å². The molecule has 0 aromatic rings. The lowest BCUT2D eigenvalue weighted by Gasteiger charge is -2.42. The first kappa shape index (κ1) is 24.1. The van der Waals surface area contributed by atoms with E-state index in [1.807, 2.05) is 11.9 Å². The zero-order valence-electron chi connectivity index (χ0n) is 17.3. The van der Waals surface area contributed by atoms with Crippen LogP contribution in [0.1, 0.15) is 45.4 Å². The van der Waals surface area contributed by atoms with Crippen LogP contribution in [0.2, 0.25) is 0 Å². The van der Waals surface area contributed by atoms with E-state index in [1.54, 1.807) is 13.0 Å². The maximum Gasteiger partial charge on any atom is 0.243 e. The number of carbonyl (C=O) groups is 1. The van der Waals surface area contributed by atoms with E-state index in [1.165, 1.54) is 64.7 Å². The maximum atomic E-state index is 13.0. The van der Waals surface area contributed by atoms with Crippen LogP contribution in [-0.4, -0.2) is 63.4 Å². The van der Waals surface area contributed by atoms with Crippen molar-refractivity contribution in [1.82, 2.24) is 14.5 Å². The predicted molar refractivity (Wildman–Crippen MR) is 114 cm³/mol. The van der Waals surface area contributed by atoms with Crippen molar-refractivity contribution in [3.8, 4) is 11.1 Å². The average molecular weight is 448 g/mol. The second-order valence-electron chi connectivity index (χ2n) is 7.84. The number of hydrogen-bond acceptors (Lipinski definition) is 4. The molecular formula is C20H31ClFN3O3S. The summed E-state index contributed by atoms with van der Waals surface area (Å²) < 4.78 is 37.3. The highest BCUT2D eigenvalue weighted by molar-refractivity contribution is 7.89. The van der Waals surface area contributed by atoms with Gasteiger partial charge in [-0.25, -0.2) is 17.5 Å². The molecule has 3 aliphatic carbocycles. The lowest BCUT2D eigenvalue weighted by Crippen LogP contribution is -2.52. The number of amides is 1. The van der Waals surface area contributed by atoms with Gasteiger partial charge in [0.05, 0.1) is 0 Å². The Labute approximate surface area is 179 Å². The Morgan fingerprint density at radius 1 is 1.17 bits per heavy atom. The van der Waals surface area contributed by atoms with Gasteiger partial charge in [0, 0.05) is 31.6 Å². The molecule has 0 aromatic heterocycles. The summed E-state index contributed by atoms with van der Waals surface area (Å²) >= 11 is 0. The smallest absolute Gasteiger partial charge is 0.243 e. The van der Waals surface area contributed by atoms with Gasteiger partial charge in [0.15, 0.2) is 5.82 Å². The average Bonchev–Trinajstić information content (AvgIpc) is 3.10. The third-order valence-electron chi connectivity index (χ3n) is 6.12. The Morgan fingerprint density at radius 2 is 1.79 bits per heavy atom. The first-order chi connectivity index (χ1) is 13.3. The summed E-state index contributed by atoms with van der Waals surface area (Å²) in [5.41, 5.74) is 1.10. The van der Waals surface area contributed by atoms with Crippen LogP contribution >= 0.6 is 12.4 Å². The highest BCUT2D eigenvalue weighted by Gasteiger charge is 2.34. The third kappa shape index (κ3) is 5.29. The quantitative estimate of drug-likeness (QED) is 0.782. The molecule has 0 spiro atoms. The van der Waals surface area contributed by atoms with Crippen molar-refractivity contribution in [2.75, 3.05) is 27.2 Å². The third-order valence-corrected chi connectivity index (χ3v) is 7.54. The minimum absolute atomic E-state index is 0. The van der Waals surface area contributed by atoms with Gasteiger partial charge in [0.2, 0.25) is 15.9 Å². The van der Waals surface area contributed by atoms with E-state index in [0.29, 0.717) is 23.2 Å². The Morgan fingerprint density at radius 3 is 2.31 bits per heavy atom. The number of carbonyl (C=O) groups excluding carboxylic acids is 1. The normalized spacial score (nSPS) is 22.9. The molecule has 6 nitrogen and oxygen atoms in total. The number of nitrogens with one attached hydrogen (secondary N) is 1. The Hall–Kier alpha value is -1.22. The molecule has 4 aliphatic rings. The van der Waals surface area contributed by atoms with Gasteiger partial charge in [-0.1, -0.05) is 12.8 Å². The van der Waals surface area contributed by atoms with Gasteiger partial charge in [-0.05, 0) is 63.5 Å². The summed E-state index contributed by atoms with van der Waals surface area (Å²) in [6.07, 6.45) is 7.77. The topological polar surface area (TPSA) is 69.7 Å². The molecule has 164 valence electrons. The second kappa shape index (κ2) is 9.73. The zero-order chi connectivity index (χ0) is 20.5. The van der Waals surface area contributed by atoms with E-state index in [4.69, 9.17) is 0 Å². The molecule has 0 aromatic carbocycles. The summed E-state index contributed by atoms with van der Waals surface area (Å²) in [6, 6.07) is 4.02. The van der Waals surface area contributed by atoms with Gasteiger partial charge in [-0.15, -0.1) is 12.4 Å². The molecule has 2 fully saturated rings. The molecule has 0 bridgehead atoms. The molecule has 2 atom stereocenters. The van der Waals surface area contributed by atoms with Gasteiger partial charge in [-0.2, -0.15) is 0 Å². The SMILES string of the molecule is CC(=O)N(C)C1CCCCC1N1CCCC1.CNS(=O)(=O)c1cc2cc-2c1F.Cl. The summed E-state index contributed by atoms with van der Waals surface area (Å²) in [7, 11) is -0.382. The van der Waals surface area contributed by atoms with Crippen LogP contribution in [0.4, 0.5) is 4.39 Å². The molecular weight excluding hydrogens is 417 g/mol. The standard InChI is InChI=1S/C13H24N2O.C7H6FNO2S.ClH/c1-11(16)14(2)12-7-3-4-8-13(12)15-9-5-6-10-15;1-9-12(10,11)6-3-4-2-5(4)7(6)8;/h12-13H,3-10H2,1-2H3;2-3,9H,1H3;1H. The van der Waals surface area contributed by atoms with Gasteiger partial charge < -0.3 is 4.90 Å². The number of hydrogen-bond donors (Lipinski definition) is 1. The second-order valence-corrected chi connectivity index (χ2v) is 9.69. The lowest BCUT2D eigenvalue weighted by molar-refractivity contribution is -0.131. The van der Waals surface area contributed by atoms with Crippen LogP contribution in [0.15, 0.2) is 17.0 Å². The van der Waals surface area contributed by atoms with Crippen molar-refractivity contribution in [2.45, 2.75) is 62.4 Å². The van der Waals surface area contributed by atoms with Crippen LogP contribution in [0.25, 0.3) is 11.1 Å². The Kier molecular flexibility index (Phi) is 8.07. The molecule has 0 radical (unpaired) electrons. The number of sulfonamides is 1. The Bertz CT molecular complexity index is 844. The number of rotatable bonds is 4. The first-order valence-corrected chi connectivity index (χ1v) is 11.5. The van der Waals surface area contributed by atoms with E-state index in [-0.39, 0.29) is 23.2 Å². The van der Waals surface area contributed by atoms with E-state index < -0.39 is 15.8 Å². The van der Waals surface area contributed by atoms with Crippen molar-refractivity contribution in [3.05, 3.63) is 17.9 Å². The highest BCUT2D eigenvalue weighted by Crippen LogP contribution is 2.41. The van der Waals surface area contributed by atoms with Crippen molar-refractivity contribution < 1.29 is 17.6 Å². The largest absolute Gasteiger partial charge is 0.341 e. The van der Waals surface area contributed by atoms with Crippen LogP contribution in [-0.2, 0) is 14.8 Å². The fourth-order valence-electron chi connectivity index (χ4n) is 4.35. The number of benzene rings is 1. The molecule has 1 saturated heterocycles. The minimum atomic E-state index is -3.61. The van der Waals surface area contributed by atoms with Gasteiger partial charge in [-0.3, -0.25) is 9.69 Å². The van der Waals surface area contributed by atoms with Crippen LogP contribution < -0.4 is 4.72 Å². The monoisotopic (exact) mass is 447 g/mol. The van der Waals surface area contributed by atoms with Crippen molar-refractivity contribution in [2.24, 2.45) is 0 Å². The fourth-order valence-corrected chi connectivity index (χ4v) is 5.20. The van der Waals surface area contributed by atoms with Crippen LogP contribution in [0, 0.1) is 5.82 Å². The summed E-state index contributed by atoms with van der Waals surface area (Å²) in [6.45, 7) is 4.18. The van der Waals surface area contributed by atoms with Gasteiger partial charge >= 0.3 is 0 Å². The highest BCUT2D eigenvalue weighted by atomic mass is 35.5. The molecule has 9 heteroatoms. The van der Waals surface area contributed by atoms with E-state index >= 15 is 0 Å². The molecule has 1 amide bonds. The number of nitrogens with zero attached hydrogens (tertiary/aromatic N) is 2. The number of likely N-dealkylation sites (N-methyl/N-ethyl adjacent to an activating group) is 1. The van der Waals surface area contributed by atoms with Crippen molar-refractivity contribution in [1.29, 1.82) is 0 Å². The first-order valence-electron chi connectivity index (χ1n) is 10.0. The number of likely N-dealkylation sites (tertiary alicyclic amines) is 1.